The van der Waals surface area contributed by atoms with Crippen molar-refractivity contribution in [1.82, 2.24) is 6.15 Å². The number of quaternary nitrogens is 1. The fraction of sp³-hybridized carbons (Fsp3) is 0.571. The quantitative estimate of drug-likeness (QED) is 0.343. The Balaban J connectivity index is -0.000000529. The van der Waals surface area contributed by atoms with Gasteiger partial charge >= 0.3 is 11.9 Å². The standard InChI is InChI=1S/C6H8O7.CH5N.H3N/c7-3(8)1-6(13,5(11)12)2-4(9)10;1-2;/h13H,1-2H2,(H,7,8)(H,9,10)(H,11,12);2H2,1H3;1H3. The Labute approximate surface area is 91.1 Å². The van der Waals surface area contributed by atoms with Gasteiger partial charge in [-0.3, -0.25) is 9.59 Å². The van der Waals surface area contributed by atoms with Gasteiger partial charge in [-0.25, -0.2) is 0 Å². The number of hydrogen-bond acceptors (Lipinski definition) is 6. The first-order valence-corrected chi connectivity index (χ1v) is 3.73. The van der Waals surface area contributed by atoms with Gasteiger partial charge in [0.15, 0.2) is 0 Å². The maximum atomic E-state index is 10.2. The van der Waals surface area contributed by atoms with E-state index in [9.17, 15) is 19.5 Å². The van der Waals surface area contributed by atoms with E-state index in [1.807, 2.05) is 0 Å². The highest BCUT2D eigenvalue weighted by Crippen LogP contribution is 2.14. The van der Waals surface area contributed by atoms with Crippen LogP contribution in [0.3, 0.4) is 0 Å². The monoisotopic (exact) mass is 240 g/mol. The molecular weight excluding hydrogens is 224 g/mol. The maximum absolute atomic E-state index is 10.2. The lowest BCUT2D eigenvalue weighted by molar-refractivity contribution is -0.325. The predicted octanol–water partition coefficient (Wildman–Crippen LogP) is -2.63. The van der Waals surface area contributed by atoms with E-state index >= 15 is 0 Å². The lowest BCUT2D eigenvalue weighted by atomic mass is 9.96. The Morgan fingerprint density at radius 1 is 1.12 bits per heavy atom. The molecule has 0 aliphatic heterocycles. The number of carbonyl (C=O) groups excluding carboxylic acids is 1. The molecule has 0 aliphatic rings. The summed E-state index contributed by atoms with van der Waals surface area (Å²) in [6, 6.07) is 0. The molecule has 0 aromatic rings. The average Bonchev–Trinajstić information content (AvgIpc) is 2.04. The molecular formula is C7H16N2O7. The first-order chi connectivity index (χ1) is 6.78. The number of hydrogen-bond donors (Lipinski definition) is 5. The number of aliphatic hydroxyl groups is 1. The minimum Gasteiger partial charge on any atom is -0.547 e. The third-order valence-electron chi connectivity index (χ3n) is 1.27. The van der Waals surface area contributed by atoms with Crippen LogP contribution in [0.15, 0.2) is 0 Å². The number of rotatable bonds is 5. The number of aliphatic carboxylic acids is 3. The molecule has 0 aromatic carbocycles. The molecule has 0 unspecified atom stereocenters. The van der Waals surface area contributed by atoms with Crippen molar-refractivity contribution in [2.75, 3.05) is 7.05 Å². The second-order valence-corrected chi connectivity index (χ2v) is 2.46. The van der Waals surface area contributed by atoms with Crippen molar-refractivity contribution in [3.63, 3.8) is 0 Å². The lowest BCUT2D eigenvalue weighted by Crippen LogP contribution is -2.51. The Kier molecular flexibility index (Phi) is 10.6. The molecule has 0 spiro atoms. The summed E-state index contributed by atoms with van der Waals surface area (Å²) in [5.41, 5.74) is 1.65. The van der Waals surface area contributed by atoms with Crippen LogP contribution in [0.5, 0.6) is 0 Å². The van der Waals surface area contributed by atoms with Crippen molar-refractivity contribution in [2.45, 2.75) is 18.4 Å². The second-order valence-electron chi connectivity index (χ2n) is 2.46. The van der Waals surface area contributed by atoms with Crippen molar-refractivity contribution in [3.05, 3.63) is 0 Å². The van der Waals surface area contributed by atoms with Gasteiger partial charge in [-0.2, -0.15) is 0 Å². The van der Waals surface area contributed by atoms with Crippen LogP contribution in [0, 0.1) is 0 Å². The van der Waals surface area contributed by atoms with Crippen molar-refractivity contribution in [1.29, 1.82) is 0 Å². The second kappa shape index (κ2) is 8.59. The van der Waals surface area contributed by atoms with Gasteiger partial charge in [0.25, 0.3) is 0 Å². The molecule has 9 N–H and O–H groups in total. The minimum atomic E-state index is -2.85. The fourth-order valence-electron chi connectivity index (χ4n) is 0.707. The predicted molar refractivity (Wildman–Crippen MR) is 50.6 cm³/mol. The summed E-state index contributed by atoms with van der Waals surface area (Å²) in [7, 11) is 1.50. The molecule has 0 heterocycles. The van der Waals surface area contributed by atoms with Crippen LogP contribution < -0.4 is 17.0 Å². The molecule has 0 saturated carbocycles. The normalized spacial score (nSPS) is 9.19. The summed E-state index contributed by atoms with van der Waals surface area (Å²) in [6.07, 6.45) is -2.41. The molecule has 9 nitrogen and oxygen atoms in total. The molecule has 0 amide bonds. The van der Waals surface area contributed by atoms with Crippen molar-refractivity contribution in [2.24, 2.45) is 5.73 Å². The zero-order valence-electron chi connectivity index (χ0n) is 8.97. The Hall–Kier alpha value is -1.71. The van der Waals surface area contributed by atoms with E-state index < -0.39 is 36.4 Å². The van der Waals surface area contributed by atoms with Gasteiger partial charge in [0.05, 0.1) is 18.8 Å². The number of carbonyl (C=O) groups is 3. The largest absolute Gasteiger partial charge is 0.547 e. The molecule has 0 aliphatic carbocycles. The van der Waals surface area contributed by atoms with Crippen molar-refractivity contribution >= 4 is 17.9 Å². The van der Waals surface area contributed by atoms with E-state index in [0.717, 1.165) is 0 Å². The molecule has 16 heavy (non-hydrogen) atoms. The van der Waals surface area contributed by atoms with Gasteiger partial charge in [0.1, 0.15) is 5.60 Å². The lowest BCUT2D eigenvalue weighted by Gasteiger charge is -2.25. The minimum absolute atomic E-state index is 0. The average molecular weight is 240 g/mol. The molecule has 0 saturated heterocycles. The number of carboxylic acids is 3. The first-order valence-electron chi connectivity index (χ1n) is 3.73. The van der Waals surface area contributed by atoms with Gasteiger partial charge < -0.3 is 37.1 Å². The smallest absolute Gasteiger partial charge is 0.306 e. The zero-order valence-corrected chi connectivity index (χ0v) is 8.97. The van der Waals surface area contributed by atoms with Gasteiger partial charge in [0, 0.05) is 0 Å². The maximum Gasteiger partial charge on any atom is 0.306 e. The van der Waals surface area contributed by atoms with E-state index in [0.29, 0.717) is 0 Å². The third kappa shape index (κ3) is 7.67. The first kappa shape index (κ1) is 19.8. The summed E-state index contributed by atoms with van der Waals surface area (Å²) in [5.74, 6) is -5.35. The summed E-state index contributed by atoms with van der Waals surface area (Å²) in [5, 5.41) is 35.5. The molecule has 96 valence electrons. The van der Waals surface area contributed by atoms with Crippen LogP contribution in [-0.2, 0) is 14.4 Å². The summed E-state index contributed by atoms with van der Waals surface area (Å²) < 4.78 is 0. The zero-order chi connectivity index (χ0) is 12.6. The Morgan fingerprint density at radius 2 is 1.38 bits per heavy atom. The molecule has 0 atom stereocenters. The third-order valence-corrected chi connectivity index (χ3v) is 1.27. The Bertz CT molecular complexity index is 237. The Morgan fingerprint density at radius 3 is 1.50 bits per heavy atom. The van der Waals surface area contributed by atoms with Crippen LogP contribution in [0.1, 0.15) is 12.8 Å². The van der Waals surface area contributed by atoms with E-state index in [1.165, 1.54) is 7.05 Å². The van der Waals surface area contributed by atoms with Crippen molar-refractivity contribution in [3.8, 4) is 0 Å². The van der Waals surface area contributed by atoms with Crippen LogP contribution in [-0.4, -0.2) is 45.9 Å². The molecule has 0 rings (SSSR count). The highest BCUT2D eigenvalue weighted by Gasteiger charge is 2.34. The van der Waals surface area contributed by atoms with Gasteiger partial charge in [-0.15, -0.1) is 0 Å². The van der Waals surface area contributed by atoms with E-state index in [4.69, 9.17) is 15.3 Å². The van der Waals surface area contributed by atoms with Crippen LogP contribution in [0.2, 0.25) is 0 Å². The van der Waals surface area contributed by atoms with Crippen LogP contribution in [0.4, 0.5) is 0 Å². The van der Waals surface area contributed by atoms with E-state index in [2.05, 4.69) is 5.73 Å². The SMILES string of the molecule is CN.O=C(O)CC(O)(CC(=O)O)C(=O)[O-].[NH4+]. The molecule has 0 bridgehead atoms. The van der Waals surface area contributed by atoms with Gasteiger partial charge in [-0.1, -0.05) is 0 Å². The van der Waals surface area contributed by atoms with E-state index in [-0.39, 0.29) is 6.15 Å². The topological polar surface area (TPSA) is 197 Å². The molecule has 0 radical (unpaired) electrons. The fourth-order valence-corrected chi connectivity index (χ4v) is 0.707. The molecule has 0 fully saturated rings. The van der Waals surface area contributed by atoms with Crippen molar-refractivity contribution < 1.29 is 34.8 Å². The number of nitrogens with two attached hydrogens (primary N) is 1. The van der Waals surface area contributed by atoms with Gasteiger partial charge in [-0.05, 0) is 7.05 Å². The number of carboxylic acid groups (broad SMARTS) is 3. The molecule has 0 aromatic heterocycles. The van der Waals surface area contributed by atoms with Crippen LogP contribution >= 0.6 is 0 Å². The van der Waals surface area contributed by atoms with Gasteiger partial charge in [0.2, 0.25) is 0 Å². The highest BCUT2D eigenvalue weighted by molar-refractivity contribution is 5.86. The van der Waals surface area contributed by atoms with E-state index in [1.54, 1.807) is 0 Å². The van der Waals surface area contributed by atoms with Crippen LogP contribution in [0.25, 0.3) is 0 Å². The summed E-state index contributed by atoms with van der Waals surface area (Å²) >= 11 is 0. The summed E-state index contributed by atoms with van der Waals surface area (Å²) in [6.45, 7) is 0. The summed E-state index contributed by atoms with van der Waals surface area (Å²) in [4.78, 5) is 30.3. The molecule has 9 heteroatoms. The highest BCUT2D eigenvalue weighted by atomic mass is 16.4.